The zero-order valence-corrected chi connectivity index (χ0v) is 11.5. The fourth-order valence-corrected chi connectivity index (χ4v) is 2.73. The predicted molar refractivity (Wildman–Crippen MR) is 79.1 cm³/mol. The van der Waals surface area contributed by atoms with Crippen LogP contribution >= 0.6 is 0 Å². The van der Waals surface area contributed by atoms with E-state index in [0.29, 0.717) is 17.0 Å². The summed E-state index contributed by atoms with van der Waals surface area (Å²) in [5, 5.41) is 13.3. The van der Waals surface area contributed by atoms with Crippen LogP contribution in [0.25, 0.3) is 10.9 Å². The molecule has 104 valence electrons. The second-order valence-electron chi connectivity index (χ2n) is 5.41. The van der Waals surface area contributed by atoms with Crippen LogP contribution < -0.4 is 5.32 Å². The van der Waals surface area contributed by atoms with Gasteiger partial charge in [0.2, 0.25) is 0 Å². The van der Waals surface area contributed by atoms with Gasteiger partial charge in [-0.2, -0.15) is 0 Å². The molecule has 0 spiro atoms. The first-order valence-corrected chi connectivity index (χ1v) is 7.08. The zero-order valence-electron chi connectivity index (χ0n) is 11.5. The first-order chi connectivity index (χ1) is 9.69. The molecule has 1 aliphatic rings. The van der Waals surface area contributed by atoms with Gasteiger partial charge in [-0.25, -0.2) is 9.78 Å². The summed E-state index contributed by atoms with van der Waals surface area (Å²) in [7, 11) is 0. The molecule has 0 bridgehead atoms. The Labute approximate surface area is 117 Å². The van der Waals surface area contributed by atoms with E-state index in [1.807, 2.05) is 18.2 Å². The smallest absolute Gasteiger partial charge is 0.336 e. The van der Waals surface area contributed by atoms with E-state index in [0.717, 1.165) is 17.3 Å². The van der Waals surface area contributed by atoms with Crippen molar-refractivity contribution in [1.82, 2.24) is 4.98 Å². The van der Waals surface area contributed by atoms with E-state index in [9.17, 15) is 4.79 Å². The number of aromatic nitrogens is 1. The number of hydrogen-bond acceptors (Lipinski definition) is 3. The van der Waals surface area contributed by atoms with Gasteiger partial charge in [-0.05, 0) is 43.0 Å². The zero-order chi connectivity index (χ0) is 14.1. The minimum Gasteiger partial charge on any atom is -0.478 e. The Kier molecular flexibility index (Phi) is 3.30. The monoisotopic (exact) mass is 270 g/mol. The van der Waals surface area contributed by atoms with E-state index < -0.39 is 5.97 Å². The number of aromatic carboxylic acids is 1. The normalized spacial score (nSPS) is 20.9. The van der Waals surface area contributed by atoms with Crippen LogP contribution in [0, 0.1) is 5.92 Å². The van der Waals surface area contributed by atoms with Crippen LogP contribution in [0.5, 0.6) is 0 Å². The number of pyridine rings is 1. The molecule has 0 aliphatic heterocycles. The van der Waals surface area contributed by atoms with Crippen molar-refractivity contribution in [3.63, 3.8) is 0 Å². The number of hydrogen-bond donors (Lipinski definition) is 2. The van der Waals surface area contributed by atoms with Gasteiger partial charge in [0.15, 0.2) is 0 Å². The lowest BCUT2D eigenvalue weighted by molar-refractivity contribution is 0.0699. The van der Waals surface area contributed by atoms with Crippen molar-refractivity contribution in [1.29, 1.82) is 0 Å². The molecule has 2 aromatic rings. The third-order valence-electron chi connectivity index (χ3n) is 3.88. The van der Waals surface area contributed by atoms with Crippen LogP contribution in [0.4, 0.5) is 5.82 Å². The third kappa shape index (κ3) is 2.46. The van der Waals surface area contributed by atoms with Crippen molar-refractivity contribution in [2.45, 2.75) is 32.2 Å². The van der Waals surface area contributed by atoms with E-state index in [-0.39, 0.29) is 0 Å². The molecule has 2 atom stereocenters. The molecule has 4 nitrogen and oxygen atoms in total. The molecular formula is C16H18N2O2. The predicted octanol–water partition coefficient (Wildman–Crippen LogP) is 3.53. The van der Waals surface area contributed by atoms with Gasteiger partial charge in [-0.1, -0.05) is 19.4 Å². The molecule has 1 aromatic heterocycles. The summed E-state index contributed by atoms with van der Waals surface area (Å²) in [6, 6.07) is 9.43. The molecule has 0 amide bonds. The highest BCUT2D eigenvalue weighted by molar-refractivity contribution is 6.02. The lowest BCUT2D eigenvalue weighted by Crippen LogP contribution is -2.06. The number of benzene rings is 1. The average Bonchev–Trinajstić information content (AvgIpc) is 3.16. The Balaban J connectivity index is 1.83. The summed E-state index contributed by atoms with van der Waals surface area (Å²) in [5.74, 6) is 0.690. The molecule has 0 saturated heterocycles. The van der Waals surface area contributed by atoms with Gasteiger partial charge in [0.1, 0.15) is 5.82 Å². The van der Waals surface area contributed by atoms with Crippen molar-refractivity contribution < 1.29 is 9.90 Å². The van der Waals surface area contributed by atoms with Crippen molar-refractivity contribution in [2.24, 2.45) is 5.92 Å². The second-order valence-corrected chi connectivity index (χ2v) is 5.41. The van der Waals surface area contributed by atoms with E-state index in [1.165, 1.54) is 19.3 Å². The number of carboxylic acids is 1. The summed E-state index contributed by atoms with van der Waals surface area (Å²) in [4.78, 5) is 15.7. The van der Waals surface area contributed by atoms with Crippen LogP contribution in [-0.4, -0.2) is 22.1 Å². The number of nitrogens with zero attached hydrogens (tertiary/aromatic N) is 1. The van der Waals surface area contributed by atoms with Crippen LogP contribution in [0.1, 0.15) is 36.5 Å². The first-order valence-electron chi connectivity index (χ1n) is 7.08. The quantitative estimate of drug-likeness (QED) is 0.872. The highest BCUT2D eigenvalue weighted by atomic mass is 16.4. The first kappa shape index (κ1) is 12.9. The molecule has 1 saturated carbocycles. The van der Waals surface area contributed by atoms with Crippen molar-refractivity contribution in [3.05, 3.63) is 35.9 Å². The minimum atomic E-state index is -0.914. The largest absolute Gasteiger partial charge is 0.478 e. The summed E-state index contributed by atoms with van der Waals surface area (Å²) in [6.07, 6.45) is 3.69. The summed E-state index contributed by atoms with van der Waals surface area (Å²) < 4.78 is 0. The van der Waals surface area contributed by atoms with Gasteiger partial charge in [-0.3, -0.25) is 0 Å². The van der Waals surface area contributed by atoms with Gasteiger partial charge >= 0.3 is 5.97 Å². The van der Waals surface area contributed by atoms with E-state index >= 15 is 0 Å². The molecule has 1 heterocycles. The molecule has 1 aliphatic carbocycles. The Morgan fingerprint density at radius 3 is 3.00 bits per heavy atom. The summed E-state index contributed by atoms with van der Waals surface area (Å²) in [6.45, 7) is 2.21. The molecular weight excluding hydrogens is 252 g/mol. The van der Waals surface area contributed by atoms with Gasteiger partial charge in [0.25, 0.3) is 0 Å². The topological polar surface area (TPSA) is 62.2 Å². The molecule has 3 rings (SSSR count). The maximum atomic E-state index is 11.2. The molecule has 4 heteroatoms. The van der Waals surface area contributed by atoms with Crippen LogP contribution in [0.3, 0.4) is 0 Å². The van der Waals surface area contributed by atoms with Crippen molar-refractivity contribution >= 4 is 22.7 Å². The molecule has 20 heavy (non-hydrogen) atoms. The maximum absolute atomic E-state index is 11.2. The fourth-order valence-electron chi connectivity index (χ4n) is 2.73. The van der Waals surface area contributed by atoms with E-state index in [4.69, 9.17) is 5.11 Å². The minimum absolute atomic E-state index is 0.303. The lowest BCUT2D eigenvalue weighted by atomic mass is 10.1. The van der Waals surface area contributed by atoms with Gasteiger partial charge in [-0.15, -0.1) is 0 Å². The van der Waals surface area contributed by atoms with E-state index in [2.05, 4.69) is 17.2 Å². The Bertz CT molecular complexity index is 654. The number of carboxylic acid groups (broad SMARTS) is 1. The number of carbonyl (C=O) groups is 1. The highest BCUT2D eigenvalue weighted by Crippen LogP contribution is 2.37. The third-order valence-corrected chi connectivity index (χ3v) is 3.88. The van der Waals surface area contributed by atoms with Crippen molar-refractivity contribution in [3.8, 4) is 0 Å². The summed E-state index contributed by atoms with van der Waals surface area (Å²) in [5.41, 5.74) is 1.03. The van der Waals surface area contributed by atoms with Gasteiger partial charge in [0.05, 0.1) is 11.1 Å². The lowest BCUT2D eigenvalue weighted by Gasteiger charge is -2.07. The highest BCUT2D eigenvalue weighted by Gasteiger charge is 2.36. The molecule has 2 N–H and O–H groups in total. The number of rotatable bonds is 5. The van der Waals surface area contributed by atoms with Crippen molar-refractivity contribution in [2.75, 3.05) is 5.32 Å². The molecule has 1 aromatic carbocycles. The fraction of sp³-hybridized carbons (Fsp3) is 0.375. The molecule has 1 fully saturated rings. The Morgan fingerprint density at radius 1 is 1.40 bits per heavy atom. The van der Waals surface area contributed by atoms with Crippen LogP contribution in [0.2, 0.25) is 0 Å². The van der Waals surface area contributed by atoms with Gasteiger partial charge < -0.3 is 10.4 Å². The number of anilines is 1. The SMILES string of the molecule is CCCC1CC1Nc1ccc2c(C(=O)O)cccc2n1. The van der Waals surface area contributed by atoms with Crippen LogP contribution in [0.15, 0.2) is 30.3 Å². The van der Waals surface area contributed by atoms with Crippen LogP contribution in [-0.2, 0) is 0 Å². The molecule has 2 unspecified atom stereocenters. The standard InChI is InChI=1S/C16H18N2O2/c1-2-4-10-9-14(10)18-15-8-7-11-12(16(19)20)5-3-6-13(11)17-15/h3,5-8,10,14H,2,4,9H2,1H3,(H,17,18)(H,19,20). The average molecular weight is 270 g/mol. The maximum Gasteiger partial charge on any atom is 0.336 e. The number of nitrogens with one attached hydrogen (secondary N) is 1. The molecule has 0 radical (unpaired) electrons. The number of fused-ring (bicyclic) bond motifs is 1. The second kappa shape index (κ2) is 5.12. The Morgan fingerprint density at radius 2 is 2.25 bits per heavy atom. The Hall–Kier alpha value is -2.10. The summed E-state index contributed by atoms with van der Waals surface area (Å²) >= 11 is 0. The van der Waals surface area contributed by atoms with E-state index in [1.54, 1.807) is 12.1 Å². The van der Waals surface area contributed by atoms with Gasteiger partial charge in [0, 0.05) is 11.4 Å².